The van der Waals surface area contributed by atoms with Gasteiger partial charge in [-0.3, -0.25) is 4.79 Å². The number of fused-ring (bicyclic) bond motifs is 2. The third-order valence-electron chi connectivity index (χ3n) is 4.62. The number of nitrogens with two attached hydrogens (primary N) is 1. The highest BCUT2D eigenvalue weighted by molar-refractivity contribution is 5.86. The van der Waals surface area contributed by atoms with Crippen LogP contribution in [0.3, 0.4) is 0 Å². The van der Waals surface area contributed by atoms with E-state index in [2.05, 4.69) is 5.32 Å². The number of hydrogen-bond acceptors (Lipinski definition) is 3. The van der Waals surface area contributed by atoms with E-state index in [0.29, 0.717) is 6.10 Å². The van der Waals surface area contributed by atoms with Gasteiger partial charge in [-0.2, -0.15) is 0 Å². The minimum absolute atomic E-state index is 0. The first kappa shape index (κ1) is 14.1. The van der Waals surface area contributed by atoms with Gasteiger partial charge in [-0.1, -0.05) is 19.3 Å². The van der Waals surface area contributed by atoms with Crippen molar-refractivity contribution in [1.29, 1.82) is 0 Å². The molecule has 2 heterocycles. The lowest BCUT2D eigenvalue weighted by molar-refractivity contribution is -0.128. The molecule has 3 N–H and O–H groups in total. The Morgan fingerprint density at radius 3 is 2.50 bits per heavy atom. The van der Waals surface area contributed by atoms with Gasteiger partial charge in [0, 0.05) is 0 Å². The Morgan fingerprint density at radius 1 is 1.22 bits per heavy atom. The molecule has 18 heavy (non-hydrogen) atoms. The van der Waals surface area contributed by atoms with Gasteiger partial charge in [-0.25, -0.2) is 0 Å². The van der Waals surface area contributed by atoms with Crippen LogP contribution in [0, 0.1) is 0 Å². The van der Waals surface area contributed by atoms with E-state index >= 15 is 0 Å². The molecule has 1 aliphatic carbocycles. The molecule has 3 fully saturated rings. The molecular weight excluding hydrogens is 252 g/mol. The second kappa shape index (κ2) is 5.35. The lowest BCUT2D eigenvalue weighted by Gasteiger charge is -2.33. The monoisotopic (exact) mass is 274 g/mol. The van der Waals surface area contributed by atoms with E-state index in [0.717, 1.165) is 44.9 Å². The fourth-order valence-corrected chi connectivity index (χ4v) is 3.51. The van der Waals surface area contributed by atoms with Crippen LogP contribution in [-0.4, -0.2) is 29.7 Å². The van der Waals surface area contributed by atoms with Crippen molar-refractivity contribution in [2.24, 2.45) is 5.73 Å². The molecule has 2 saturated heterocycles. The molecule has 2 bridgehead atoms. The maximum absolute atomic E-state index is 12.3. The van der Waals surface area contributed by atoms with Gasteiger partial charge in [0.25, 0.3) is 0 Å². The normalized spacial score (nSPS) is 37.1. The van der Waals surface area contributed by atoms with Crippen LogP contribution in [0.25, 0.3) is 0 Å². The summed E-state index contributed by atoms with van der Waals surface area (Å²) >= 11 is 0. The summed E-state index contributed by atoms with van der Waals surface area (Å²) in [4.78, 5) is 12.3. The molecule has 0 aromatic heterocycles. The van der Waals surface area contributed by atoms with Crippen LogP contribution in [0.4, 0.5) is 0 Å². The summed E-state index contributed by atoms with van der Waals surface area (Å²) in [5, 5.41) is 3.13. The lowest BCUT2D eigenvalue weighted by atomic mass is 9.81. The number of carbonyl (C=O) groups is 1. The van der Waals surface area contributed by atoms with E-state index in [1.165, 1.54) is 6.42 Å². The Balaban J connectivity index is 0.00000120. The first-order valence-corrected chi connectivity index (χ1v) is 6.93. The van der Waals surface area contributed by atoms with Gasteiger partial charge in [0.15, 0.2) is 0 Å². The van der Waals surface area contributed by atoms with E-state index < -0.39 is 5.54 Å². The molecule has 0 aromatic carbocycles. The standard InChI is InChI=1S/C13H22N2O2.ClH/c14-13(6-2-1-3-7-13)12(16)15-10-8-9-4-5-11(10)17-9;/h9-11H,1-8,14H2,(H,15,16);1H. The fraction of sp³-hybridized carbons (Fsp3) is 0.923. The van der Waals surface area contributed by atoms with Gasteiger partial charge < -0.3 is 15.8 Å². The van der Waals surface area contributed by atoms with Crippen LogP contribution in [0.5, 0.6) is 0 Å². The Bertz CT molecular complexity index is 318. The van der Waals surface area contributed by atoms with E-state index in [1.54, 1.807) is 0 Å². The second-order valence-corrected chi connectivity index (χ2v) is 5.91. The van der Waals surface area contributed by atoms with Crippen molar-refractivity contribution in [3.8, 4) is 0 Å². The number of carbonyl (C=O) groups excluding carboxylic acids is 1. The summed E-state index contributed by atoms with van der Waals surface area (Å²) in [6, 6.07) is 0.212. The van der Waals surface area contributed by atoms with Crippen molar-refractivity contribution >= 4 is 18.3 Å². The summed E-state index contributed by atoms with van der Waals surface area (Å²) in [7, 11) is 0. The van der Waals surface area contributed by atoms with Crippen molar-refractivity contribution in [3.63, 3.8) is 0 Å². The molecular formula is C13H23ClN2O2. The lowest BCUT2D eigenvalue weighted by Crippen LogP contribution is -2.58. The van der Waals surface area contributed by atoms with E-state index in [1.807, 2.05) is 0 Å². The first-order chi connectivity index (χ1) is 8.17. The van der Waals surface area contributed by atoms with Crippen LogP contribution >= 0.6 is 12.4 Å². The van der Waals surface area contributed by atoms with Crippen LogP contribution in [0.15, 0.2) is 0 Å². The molecule has 3 aliphatic rings. The first-order valence-electron chi connectivity index (χ1n) is 6.93. The molecule has 3 atom stereocenters. The smallest absolute Gasteiger partial charge is 0.240 e. The predicted molar refractivity (Wildman–Crippen MR) is 71.7 cm³/mol. The number of halogens is 1. The molecule has 0 aromatic rings. The summed E-state index contributed by atoms with van der Waals surface area (Å²) in [6.07, 6.45) is 8.89. The predicted octanol–water partition coefficient (Wildman–Crippen LogP) is 1.51. The van der Waals surface area contributed by atoms with Crippen LogP contribution in [0.2, 0.25) is 0 Å². The largest absolute Gasteiger partial charge is 0.373 e. The highest BCUT2D eigenvalue weighted by Gasteiger charge is 2.44. The molecule has 3 unspecified atom stereocenters. The van der Waals surface area contributed by atoms with Gasteiger partial charge in [0.1, 0.15) is 0 Å². The zero-order valence-corrected chi connectivity index (χ0v) is 11.5. The van der Waals surface area contributed by atoms with E-state index in [-0.39, 0.29) is 30.5 Å². The van der Waals surface area contributed by atoms with Crippen molar-refractivity contribution in [2.45, 2.75) is 75.2 Å². The van der Waals surface area contributed by atoms with Gasteiger partial charge in [-0.15, -0.1) is 12.4 Å². The molecule has 1 saturated carbocycles. The Labute approximate surface area is 114 Å². The van der Waals surface area contributed by atoms with Gasteiger partial charge >= 0.3 is 0 Å². The average Bonchev–Trinajstić information content (AvgIpc) is 2.92. The van der Waals surface area contributed by atoms with Gasteiger partial charge in [0.2, 0.25) is 5.91 Å². The average molecular weight is 275 g/mol. The van der Waals surface area contributed by atoms with E-state index in [4.69, 9.17) is 10.5 Å². The maximum atomic E-state index is 12.3. The van der Waals surface area contributed by atoms with Crippen LogP contribution in [-0.2, 0) is 9.53 Å². The van der Waals surface area contributed by atoms with Gasteiger partial charge in [-0.05, 0) is 32.1 Å². The van der Waals surface area contributed by atoms with Crippen molar-refractivity contribution in [2.75, 3.05) is 0 Å². The second-order valence-electron chi connectivity index (χ2n) is 5.91. The highest BCUT2D eigenvalue weighted by Crippen LogP contribution is 2.35. The topological polar surface area (TPSA) is 64.4 Å². The quantitative estimate of drug-likeness (QED) is 0.802. The minimum Gasteiger partial charge on any atom is -0.373 e. The van der Waals surface area contributed by atoms with Crippen molar-refractivity contribution < 1.29 is 9.53 Å². The molecule has 0 spiro atoms. The molecule has 4 nitrogen and oxygen atoms in total. The molecule has 0 radical (unpaired) electrons. The fourth-order valence-electron chi connectivity index (χ4n) is 3.51. The zero-order chi connectivity index (χ0) is 11.9. The van der Waals surface area contributed by atoms with Crippen molar-refractivity contribution in [1.82, 2.24) is 5.32 Å². The number of hydrogen-bond donors (Lipinski definition) is 2. The molecule has 1 amide bonds. The summed E-state index contributed by atoms with van der Waals surface area (Å²) in [6.45, 7) is 0. The number of rotatable bonds is 2. The third kappa shape index (κ3) is 2.51. The van der Waals surface area contributed by atoms with Crippen molar-refractivity contribution in [3.05, 3.63) is 0 Å². The molecule has 3 rings (SSSR count). The minimum atomic E-state index is -0.611. The summed E-state index contributed by atoms with van der Waals surface area (Å²) in [5.41, 5.74) is 5.61. The van der Waals surface area contributed by atoms with E-state index in [9.17, 15) is 4.79 Å². The SMILES string of the molecule is Cl.NC1(C(=O)NC2CC3CCC2O3)CCCCC1. The number of amides is 1. The summed E-state index contributed by atoms with van der Waals surface area (Å²) < 4.78 is 5.75. The number of nitrogens with one attached hydrogen (secondary N) is 1. The zero-order valence-electron chi connectivity index (χ0n) is 10.7. The van der Waals surface area contributed by atoms with Crippen LogP contribution in [0.1, 0.15) is 51.4 Å². The van der Waals surface area contributed by atoms with Crippen LogP contribution < -0.4 is 11.1 Å². The summed E-state index contributed by atoms with van der Waals surface area (Å²) in [5.74, 6) is 0.0540. The molecule has 104 valence electrons. The van der Waals surface area contributed by atoms with Gasteiger partial charge in [0.05, 0.1) is 23.8 Å². The molecule has 2 aliphatic heterocycles. The Morgan fingerprint density at radius 2 is 1.94 bits per heavy atom. The third-order valence-corrected chi connectivity index (χ3v) is 4.62. The highest BCUT2D eigenvalue weighted by atomic mass is 35.5. The number of ether oxygens (including phenoxy) is 1. The molecule has 5 heteroatoms. The maximum Gasteiger partial charge on any atom is 0.240 e. The Kier molecular flexibility index (Phi) is 4.19. The Hall–Kier alpha value is -0.320.